The van der Waals surface area contributed by atoms with Crippen LogP contribution in [0.25, 0.3) is 10.9 Å². The first kappa shape index (κ1) is 16.5. The fourth-order valence-corrected chi connectivity index (χ4v) is 3.82. The number of aromatic nitrogens is 1. The molecule has 0 bridgehead atoms. The Hall–Kier alpha value is -2.31. The summed E-state index contributed by atoms with van der Waals surface area (Å²) < 4.78 is 26.9. The highest BCUT2D eigenvalue weighted by Gasteiger charge is 2.18. The van der Waals surface area contributed by atoms with Crippen LogP contribution in [-0.4, -0.2) is 24.1 Å². The summed E-state index contributed by atoms with van der Waals surface area (Å²) in [6.45, 7) is 1.91. The molecule has 24 heavy (non-hydrogen) atoms. The fourth-order valence-electron chi connectivity index (χ4n) is 2.40. The number of alkyl halides is 1. The molecular weight excluding hydrogens is 346 g/mol. The number of aryl methyl sites for hydroxylation is 1. The smallest absolute Gasteiger partial charge is 0.268 e. The molecule has 0 fully saturated rings. The molecule has 3 rings (SSSR count). The van der Waals surface area contributed by atoms with Crippen molar-refractivity contribution < 1.29 is 8.42 Å². The van der Waals surface area contributed by atoms with Crippen molar-refractivity contribution in [3.05, 3.63) is 60.3 Å². The number of nitrogens with zero attached hydrogens (tertiary/aromatic N) is 2. The second-order valence-corrected chi connectivity index (χ2v) is 7.49. The van der Waals surface area contributed by atoms with E-state index >= 15 is 0 Å². The molecule has 2 aromatic carbocycles. The molecule has 1 aromatic heterocycles. The molecule has 7 heteroatoms. The molecule has 0 radical (unpaired) electrons. The van der Waals surface area contributed by atoms with E-state index in [-0.39, 0.29) is 10.8 Å². The predicted molar refractivity (Wildman–Crippen MR) is 97.7 cm³/mol. The number of hydrogen-bond donors (Lipinski definition) is 1. The molecular formula is C17H16ClN3O2S. The standard InChI is InChI=1S/C17H16ClN3O2S/c1-12-2-5-15(6-3-12)24(22,23)21-9-8-13-10-14(4-7-16(13)21)20-17(19)11-18/h2-10H,11H2,1H3,(H2,19,20). The van der Waals surface area contributed by atoms with Crippen LogP contribution in [-0.2, 0) is 10.0 Å². The van der Waals surface area contributed by atoms with Crippen LogP contribution in [0.4, 0.5) is 5.69 Å². The van der Waals surface area contributed by atoms with E-state index in [0.29, 0.717) is 17.0 Å². The van der Waals surface area contributed by atoms with Crippen LogP contribution >= 0.6 is 11.6 Å². The van der Waals surface area contributed by atoms with E-state index in [1.165, 1.54) is 10.2 Å². The van der Waals surface area contributed by atoms with Gasteiger partial charge in [0.1, 0.15) is 5.84 Å². The van der Waals surface area contributed by atoms with Gasteiger partial charge < -0.3 is 5.73 Å². The van der Waals surface area contributed by atoms with Crippen LogP contribution in [0, 0.1) is 6.92 Å². The summed E-state index contributed by atoms with van der Waals surface area (Å²) in [6, 6.07) is 13.7. The van der Waals surface area contributed by atoms with E-state index in [0.717, 1.165) is 10.9 Å². The molecule has 0 unspecified atom stereocenters. The third-order valence-electron chi connectivity index (χ3n) is 3.63. The Kier molecular flexibility index (Phi) is 4.34. The van der Waals surface area contributed by atoms with Gasteiger partial charge in [0.2, 0.25) is 0 Å². The van der Waals surface area contributed by atoms with Crippen molar-refractivity contribution in [1.29, 1.82) is 0 Å². The largest absolute Gasteiger partial charge is 0.386 e. The van der Waals surface area contributed by atoms with E-state index in [2.05, 4.69) is 4.99 Å². The van der Waals surface area contributed by atoms with Crippen molar-refractivity contribution in [3.63, 3.8) is 0 Å². The van der Waals surface area contributed by atoms with Crippen LogP contribution in [0.2, 0.25) is 0 Å². The summed E-state index contributed by atoms with van der Waals surface area (Å²) in [7, 11) is -3.64. The lowest BCUT2D eigenvalue weighted by Gasteiger charge is -2.08. The van der Waals surface area contributed by atoms with Gasteiger partial charge in [0.05, 0.1) is 22.0 Å². The van der Waals surface area contributed by atoms with Gasteiger partial charge in [0, 0.05) is 11.6 Å². The van der Waals surface area contributed by atoms with Crippen LogP contribution in [0.15, 0.2) is 64.6 Å². The Morgan fingerprint density at radius 2 is 1.88 bits per heavy atom. The number of rotatable bonds is 4. The van der Waals surface area contributed by atoms with E-state index in [1.54, 1.807) is 48.5 Å². The first-order chi connectivity index (χ1) is 11.4. The normalized spacial score (nSPS) is 12.7. The number of nitrogens with two attached hydrogens (primary N) is 1. The van der Waals surface area contributed by atoms with Crippen LogP contribution in [0.3, 0.4) is 0 Å². The third-order valence-corrected chi connectivity index (χ3v) is 5.60. The minimum atomic E-state index is -3.64. The number of aliphatic imine (C=N–C) groups is 1. The van der Waals surface area contributed by atoms with Gasteiger partial charge in [-0.1, -0.05) is 17.7 Å². The van der Waals surface area contributed by atoms with Crippen molar-refractivity contribution in [1.82, 2.24) is 3.97 Å². The summed E-state index contributed by atoms with van der Waals surface area (Å²) in [5.41, 5.74) is 7.85. The molecule has 1 heterocycles. The zero-order valence-corrected chi connectivity index (χ0v) is 14.6. The van der Waals surface area contributed by atoms with Crippen molar-refractivity contribution in [3.8, 4) is 0 Å². The quantitative estimate of drug-likeness (QED) is 0.439. The molecule has 0 spiro atoms. The first-order valence-electron chi connectivity index (χ1n) is 7.24. The Balaban J connectivity index is 2.09. The second kappa shape index (κ2) is 6.30. The van der Waals surface area contributed by atoms with Gasteiger partial charge >= 0.3 is 0 Å². The Labute approximate surface area is 145 Å². The van der Waals surface area contributed by atoms with Gasteiger partial charge in [-0.2, -0.15) is 0 Å². The summed E-state index contributed by atoms with van der Waals surface area (Å²) >= 11 is 5.62. The highest BCUT2D eigenvalue weighted by Crippen LogP contribution is 2.26. The zero-order valence-electron chi connectivity index (χ0n) is 13.0. The Bertz CT molecular complexity index is 1020. The Morgan fingerprint density at radius 3 is 2.54 bits per heavy atom. The van der Waals surface area contributed by atoms with E-state index < -0.39 is 10.0 Å². The molecule has 124 valence electrons. The highest BCUT2D eigenvalue weighted by atomic mass is 35.5. The van der Waals surface area contributed by atoms with Crippen molar-refractivity contribution in [2.24, 2.45) is 10.7 Å². The lowest BCUT2D eigenvalue weighted by Crippen LogP contribution is -2.12. The lowest BCUT2D eigenvalue weighted by molar-refractivity contribution is 0.589. The monoisotopic (exact) mass is 361 g/mol. The number of amidine groups is 1. The SMILES string of the molecule is Cc1ccc(S(=O)(=O)n2ccc3cc(N=C(N)CCl)ccc32)cc1. The molecule has 0 aliphatic heterocycles. The number of halogens is 1. The van der Waals surface area contributed by atoms with Crippen LogP contribution < -0.4 is 5.73 Å². The molecule has 5 nitrogen and oxygen atoms in total. The summed E-state index contributed by atoms with van der Waals surface area (Å²) in [5, 5.41) is 0.759. The van der Waals surface area contributed by atoms with Gasteiger partial charge in [0.25, 0.3) is 10.0 Å². The summed E-state index contributed by atoms with van der Waals surface area (Å²) in [6.07, 6.45) is 1.54. The van der Waals surface area contributed by atoms with E-state index in [4.69, 9.17) is 17.3 Å². The van der Waals surface area contributed by atoms with Gasteiger partial charge in [-0.25, -0.2) is 17.4 Å². The Morgan fingerprint density at radius 1 is 1.17 bits per heavy atom. The maximum absolute atomic E-state index is 12.8. The van der Waals surface area contributed by atoms with Crippen molar-refractivity contribution >= 4 is 44.1 Å². The second-order valence-electron chi connectivity index (χ2n) is 5.41. The summed E-state index contributed by atoms with van der Waals surface area (Å²) in [5.74, 6) is 0.448. The number of benzene rings is 2. The minimum Gasteiger partial charge on any atom is -0.386 e. The number of hydrogen-bond acceptors (Lipinski definition) is 3. The average molecular weight is 362 g/mol. The van der Waals surface area contributed by atoms with Crippen molar-refractivity contribution in [2.45, 2.75) is 11.8 Å². The van der Waals surface area contributed by atoms with Gasteiger partial charge in [-0.3, -0.25) is 0 Å². The topological polar surface area (TPSA) is 77.5 Å². The zero-order chi connectivity index (χ0) is 17.3. The van der Waals surface area contributed by atoms with E-state index in [1.807, 2.05) is 6.92 Å². The predicted octanol–water partition coefficient (Wildman–Crippen LogP) is 3.41. The highest BCUT2D eigenvalue weighted by molar-refractivity contribution is 7.90. The maximum Gasteiger partial charge on any atom is 0.268 e. The first-order valence-corrected chi connectivity index (χ1v) is 9.21. The molecule has 0 aliphatic carbocycles. The maximum atomic E-state index is 12.8. The lowest BCUT2D eigenvalue weighted by atomic mass is 10.2. The molecule has 0 aliphatic rings. The third kappa shape index (κ3) is 3.02. The molecule has 2 N–H and O–H groups in total. The average Bonchev–Trinajstić information content (AvgIpc) is 2.99. The molecule has 3 aromatic rings. The van der Waals surface area contributed by atoms with Crippen LogP contribution in [0.1, 0.15) is 5.56 Å². The summed E-state index contributed by atoms with van der Waals surface area (Å²) in [4.78, 5) is 4.42. The molecule has 0 atom stereocenters. The molecule has 0 saturated carbocycles. The van der Waals surface area contributed by atoms with E-state index in [9.17, 15) is 8.42 Å². The minimum absolute atomic E-state index is 0.140. The fraction of sp³-hybridized carbons (Fsp3) is 0.118. The van der Waals surface area contributed by atoms with Crippen LogP contribution in [0.5, 0.6) is 0 Å². The van der Waals surface area contributed by atoms with Gasteiger partial charge in [0.15, 0.2) is 0 Å². The molecule has 0 saturated heterocycles. The van der Waals surface area contributed by atoms with Gasteiger partial charge in [-0.05, 0) is 43.3 Å². The van der Waals surface area contributed by atoms with Gasteiger partial charge in [-0.15, -0.1) is 11.6 Å². The molecule has 0 amide bonds. The van der Waals surface area contributed by atoms with Crippen molar-refractivity contribution in [2.75, 3.05) is 5.88 Å². The number of fused-ring (bicyclic) bond motifs is 1.